The Morgan fingerprint density at radius 3 is 2.40 bits per heavy atom. The maximum atomic E-state index is 12.9. The molecule has 25 heavy (non-hydrogen) atoms. The van der Waals surface area contributed by atoms with Crippen LogP contribution in [0.3, 0.4) is 0 Å². The zero-order chi connectivity index (χ0) is 17.8. The summed E-state index contributed by atoms with van der Waals surface area (Å²) in [7, 11) is 0. The number of amides is 2. The number of urea groups is 1. The Balaban J connectivity index is 1.64. The third-order valence-corrected chi connectivity index (χ3v) is 3.84. The zero-order valence-electron chi connectivity index (χ0n) is 12.8. The van der Waals surface area contributed by atoms with Gasteiger partial charge < -0.3 is 5.32 Å². The molecule has 2 amide bonds. The summed E-state index contributed by atoms with van der Waals surface area (Å²) in [5, 5.41) is 10.3. The minimum Gasteiger partial charge on any atom is -0.308 e. The predicted molar refractivity (Wildman–Crippen MR) is 96.8 cm³/mol. The fourth-order valence-corrected chi connectivity index (χ4v) is 2.47. The van der Waals surface area contributed by atoms with Gasteiger partial charge in [-0.2, -0.15) is 5.10 Å². The van der Waals surface area contributed by atoms with Gasteiger partial charge >= 0.3 is 6.03 Å². The molecule has 2 N–H and O–H groups in total. The first-order valence-electron chi connectivity index (χ1n) is 7.30. The first-order valence-corrected chi connectivity index (χ1v) is 8.06. The molecular formula is C17H13Cl2FN4O. The third kappa shape index (κ3) is 4.71. The molecule has 128 valence electrons. The van der Waals surface area contributed by atoms with Gasteiger partial charge in [0.05, 0.1) is 6.54 Å². The molecule has 5 nitrogen and oxygen atoms in total. The van der Waals surface area contributed by atoms with Gasteiger partial charge in [-0.3, -0.25) is 10.00 Å². The highest BCUT2D eigenvalue weighted by Crippen LogP contribution is 2.21. The Morgan fingerprint density at radius 2 is 1.72 bits per heavy atom. The van der Waals surface area contributed by atoms with Gasteiger partial charge in [-0.15, -0.1) is 0 Å². The monoisotopic (exact) mass is 378 g/mol. The van der Waals surface area contributed by atoms with Gasteiger partial charge in [0.1, 0.15) is 10.8 Å². The number of halogens is 3. The van der Waals surface area contributed by atoms with Crippen LogP contribution in [-0.4, -0.2) is 15.8 Å². The summed E-state index contributed by atoms with van der Waals surface area (Å²) in [6.07, 6.45) is 1.59. The summed E-state index contributed by atoms with van der Waals surface area (Å²) in [5.74, 6) is -0.0706. The van der Waals surface area contributed by atoms with Crippen molar-refractivity contribution >= 4 is 40.7 Å². The SMILES string of the molecule is O=C(Nc1ccc(Cl)cc1)Nc1nn(Cc2ccc(F)cc2)cc1Cl. The number of anilines is 2. The maximum absolute atomic E-state index is 12.9. The first-order chi connectivity index (χ1) is 12.0. The lowest BCUT2D eigenvalue weighted by atomic mass is 10.2. The lowest BCUT2D eigenvalue weighted by Gasteiger charge is -2.06. The molecule has 8 heteroatoms. The van der Waals surface area contributed by atoms with E-state index in [0.29, 0.717) is 22.3 Å². The smallest absolute Gasteiger partial charge is 0.308 e. The largest absolute Gasteiger partial charge is 0.324 e. The minimum atomic E-state index is -0.476. The fourth-order valence-electron chi connectivity index (χ4n) is 2.14. The molecule has 0 saturated carbocycles. The standard InChI is InChI=1S/C17H13Cl2FN4O/c18-12-3-7-14(8-4-12)21-17(25)22-16-15(19)10-24(23-16)9-11-1-5-13(20)6-2-11/h1-8,10H,9H2,(H2,21,22,23,25). The minimum absolute atomic E-state index is 0.232. The van der Waals surface area contributed by atoms with Crippen molar-refractivity contribution in [3.8, 4) is 0 Å². The Bertz CT molecular complexity index is 879. The second-order valence-electron chi connectivity index (χ2n) is 5.24. The quantitative estimate of drug-likeness (QED) is 0.669. The van der Waals surface area contributed by atoms with Crippen molar-refractivity contribution in [1.82, 2.24) is 9.78 Å². The van der Waals surface area contributed by atoms with Crippen LogP contribution in [0.4, 0.5) is 20.7 Å². The van der Waals surface area contributed by atoms with Crippen LogP contribution >= 0.6 is 23.2 Å². The highest BCUT2D eigenvalue weighted by Gasteiger charge is 2.11. The molecule has 3 aromatic rings. The van der Waals surface area contributed by atoms with E-state index in [0.717, 1.165) is 5.56 Å². The Morgan fingerprint density at radius 1 is 1.04 bits per heavy atom. The van der Waals surface area contributed by atoms with Crippen LogP contribution in [0.15, 0.2) is 54.7 Å². The molecule has 3 rings (SSSR count). The number of carbonyl (C=O) groups excluding carboxylic acids is 1. The van der Waals surface area contributed by atoms with E-state index in [-0.39, 0.29) is 11.6 Å². The predicted octanol–water partition coefficient (Wildman–Crippen LogP) is 5.02. The topological polar surface area (TPSA) is 59.0 Å². The van der Waals surface area contributed by atoms with Crippen molar-refractivity contribution in [2.75, 3.05) is 10.6 Å². The molecular weight excluding hydrogens is 366 g/mol. The van der Waals surface area contributed by atoms with Crippen molar-refractivity contribution < 1.29 is 9.18 Å². The van der Waals surface area contributed by atoms with E-state index < -0.39 is 6.03 Å². The van der Waals surface area contributed by atoms with Gasteiger partial charge in [-0.25, -0.2) is 9.18 Å². The summed E-state index contributed by atoms with van der Waals surface area (Å²) in [6, 6.07) is 12.3. The number of nitrogens with zero attached hydrogens (tertiary/aromatic N) is 2. The average molecular weight is 379 g/mol. The molecule has 1 heterocycles. The van der Waals surface area contributed by atoms with Crippen LogP contribution in [0.5, 0.6) is 0 Å². The van der Waals surface area contributed by atoms with E-state index in [1.54, 1.807) is 47.3 Å². The van der Waals surface area contributed by atoms with Crippen molar-refractivity contribution in [3.63, 3.8) is 0 Å². The van der Waals surface area contributed by atoms with Crippen LogP contribution in [0.1, 0.15) is 5.56 Å². The Hall–Kier alpha value is -2.57. The summed E-state index contributed by atoms with van der Waals surface area (Å²) in [6.45, 7) is 0.403. The number of aromatic nitrogens is 2. The first kappa shape index (κ1) is 17.3. The average Bonchev–Trinajstić information content (AvgIpc) is 2.91. The number of nitrogens with one attached hydrogen (secondary N) is 2. The summed E-state index contributed by atoms with van der Waals surface area (Å²) in [5.41, 5.74) is 1.45. The van der Waals surface area contributed by atoms with E-state index in [9.17, 15) is 9.18 Å². The second kappa shape index (κ2) is 7.55. The number of hydrogen-bond donors (Lipinski definition) is 2. The molecule has 0 bridgehead atoms. The van der Waals surface area contributed by atoms with Gasteiger partial charge in [-0.05, 0) is 42.0 Å². The number of hydrogen-bond acceptors (Lipinski definition) is 2. The summed E-state index contributed by atoms with van der Waals surface area (Å²) in [4.78, 5) is 12.0. The van der Waals surface area contributed by atoms with E-state index in [1.807, 2.05) is 0 Å². The van der Waals surface area contributed by atoms with Crippen molar-refractivity contribution in [2.45, 2.75) is 6.54 Å². The van der Waals surface area contributed by atoms with Crippen LogP contribution in [0, 0.1) is 5.82 Å². The van der Waals surface area contributed by atoms with Gasteiger partial charge in [0, 0.05) is 16.9 Å². The molecule has 0 aliphatic carbocycles. The van der Waals surface area contributed by atoms with E-state index >= 15 is 0 Å². The van der Waals surface area contributed by atoms with E-state index in [1.165, 1.54) is 12.1 Å². The molecule has 1 aromatic heterocycles. The van der Waals surface area contributed by atoms with Gasteiger partial charge in [-0.1, -0.05) is 35.3 Å². The molecule has 0 radical (unpaired) electrons. The second-order valence-corrected chi connectivity index (χ2v) is 6.08. The van der Waals surface area contributed by atoms with Gasteiger partial charge in [0.15, 0.2) is 5.82 Å². The molecule has 2 aromatic carbocycles. The van der Waals surface area contributed by atoms with Gasteiger partial charge in [0.2, 0.25) is 0 Å². The summed E-state index contributed by atoms with van der Waals surface area (Å²) < 4.78 is 14.5. The number of rotatable bonds is 4. The molecule has 0 atom stereocenters. The molecule has 0 aliphatic rings. The lowest BCUT2D eigenvalue weighted by Crippen LogP contribution is -2.20. The Labute approximate surface area is 153 Å². The zero-order valence-corrected chi connectivity index (χ0v) is 14.4. The third-order valence-electron chi connectivity index (χ3n) is 3.31. The molecule has 0 spiro atoms. The normalized spacial score (nSPS) is 10.5. The lowest BCUT2D eigenvalue weighted by molar-refractivity contribution is 0.262. The van der Waals surface area contributed by atoms with Crippen molar-refractivity contribution in [2.24, 2.45) is 0 Å². The Kier molecular flexibility index (Phi) is 5.21. The summed E-state index contributed by atoms with van der Waals surface area (Å²) >= 11 is 11.9. The van der Waals surface area contributed by atoms with Crippen LogP contribution < -0.4 is 10.6 Å². The fraction of sp³-hybridized carbons (Fsp3) is 0.0588. The number of benzene rings is 2. The molecule has 0 aliphatic heterocycles. The highest BCUT2D eigenvalue weighted by molar-refractivity contribution is 6.33. The van der Waals surface area contributed by atoms with Crippen molar-refractivity contribution in [3.05, 3.63) is 76.2 Å². The van der Waals surface area contributed by atoms with E-state index in [2.05, 4.69) is 15.7 Å². The van der Waals surface area contributed by atoms with E-state index in [4.69, 9.17) is 23.2 Å². The van der Waals surface area contributed by atoms with Crippen molar-refractivity contribution in [1.29, 1.82) is 0 Å². The number of carbonyl (C=O) groups is 1. The van der Waals surface area contributed by atoms with Gasteiger partial charge in [0.25, 0.3) is 0 Å². The highest BCUT2D eigenvalue weighted by atomic mass is 35.5. The maximum Gasteiger partial charge on any atom is 0.324 e. The van der Waals surface area contributed by atoms with Crippen LogP contribution in [0.2, 0.25) is 10.0 Å². The molecule has 0 saturated heterocycles. The molecule has 0 unspecified atom stereocenters. The van der Waals surface area contributed by atoms with Crippen LogP contribution in [-0.2, 0) is 6.54 Å². The van der Waals surface area contributed by atoms with Crippen LogP contribution in [0.25, 0.3) is 0 Å². The molecule has 0 fully saturated rings.